The average Bonchev–Trinajstić information content (AvgIpc) is 3.65. The Balaban J connectivity index is 1.29. The summed E-state index contributed by atoms with van der Waals surface area (Å²) in [6.45, 7) is 2.91. The lowest BCUT2D eigenvalue weighted by atomic mass is 9.93. The van der Waals surface area contributed by atoms with E-state index in [0.717, 1.165) is 32.2 Å². The lowest BCUT2D eigenvalue weighted by Gasteiger charge is -2.34. The minimum absolute atomic E-state index is 0.0379. The van der Waals surface area contributed by atoms with Gasteiger partial charge in [-0.2, -0.15) is 9.97 Å². The number of ether oxygens (including phenoxy) is 1. The van der Waals surface area contributed by atoms with Crippen LogP contribution in [0.15, 0.2) is 36.4 Å². The molecule has 3 aromatic carbocycles. The van der Waals surface area contributed by atoms with E-state index in [0.29, 0.717) is 71.2 Å². The van der Waals surface area contributed by atoms with E-state index in [4.69, 9.17) is 27.7 Å². The first kappa shape index (κ1) is 27.8. The Kier molecular flexibility index (Phi) is 6.60. The SMILES string of the molecule is C#Cc1cccc2cc(O)cc(-c3c(Cl)cc4c(N5CC6CCC(C5)N6)nc(OC[C@@]56CCCN5C[C@H](F)C6)nc4c3F)c12. The van der Waals surface area contributed by atoms with E-state index < -0.39 is 17.5 Å². The average molecular weight is 616 g/mol. The Morgan fingerprint density at radius 1 is 1.16 bits per heavy atom. The van der Waals surface area contributed by atoms with Gasteiger partial charge in [0, 0.05) is 60.0 Å². The number of terminal acetylenes is 1. The number of aromatic nitrogens is 2. The molecule has 0 aliphatic carbocycles. The van der Waals surface area contributed by atoms with Crippen molar-refractivity contribution < 1.29 is 18.6 Å². The van der Waals surface area contributed by atoms with Gasteiger partial charge in [-0.3, -0.25) is 4.90 Å². The second-order valence-electron chi connectivity index (χ2n) is 12.7. The van der Waals surface area contributed by atoms with Gasteiger partial charge in [-0.15, -0.1) is 6.42 Å². The van der Waals surface area contributed by atoms with Crippen LogP contribution in [0.2, 0.25) is 5.02 Å². The summed E-state index contributed by atoms with van der Waals surface area (Å²) in [6, 6.07) is 10.8. The first-order valence-electron chi connectivity index (χ1n) is 15.3. The van der Waals surface area contributed by atoms with E-state index in [9.17, 15) is 9.50 Å². The fourth-order valence-electron chi connectivity index (χ4n) is 8.06. The van der Waals surface area contributed by atoms with Crippen LogP contribution in [0.4, 0.5) is 14.6 Å². The Bertz CT molecular complexity index is 1850. The van der Waals surface area contributed by atoms with Crippen molar-refractivity contribution in [2.24, 2.45) is 0 Å². The first-order chi connectivity index (χ1) is 21.3. The smallest absolute Gasteiger partial charge is 0.319 e. The van der Waals surface area contributed by atoms with Gasteiger partial charge >= 0.3 is 6.01 Å². The number of phenolic OH excluding ortho intramolecular Hbond substituents is 1. The van der Waals surface area contributed by atoms with E-state index >= 15 is 4.39 Å². The van der Waals surface area contributed by atoms with E-state index in [-0.39, 0.29) is 34.5 Å². The van der Waals surface area contributed by atoms with Crippen LogP contribution in [0.1, 0.15) is 37.7 Å². The fourth-order valence-corrected chi connectivity index (χ4v) is 8.35. The highest BCUT2D eigenvalue weighted by Gasteiger charge is 2.49. The van der Waals surface area contributed by atoms with Gasteiger partial charge in [0.15, 0.2) is 5.82 Å². The van der Waals surface area contributed by atoms with E-state index in [1.54, 1.807) is 24.3 Å². The maximum atomic E-state index is 17.0. The summed E-state index contributed by atoms with van der Waals surface area (Å²) in [5.74, 6) is 2.56. The molecule has 44 heavy (non-hydrogen) atoms. The molecule has 7 nitrogen and oxygen atoms in total. The monoisotopic (exact) mass is 615 g/mol. The molecule has 4 fully saturated rings. The second-order valence-corrected chi connectivity index (χ2v) is 13.1. The summed E-state index contributed by atoms with van der Waals surface area (Å²) in [6.07, 6.45) is 9.30. The molecule has 1 aromatic heterocycles. The minimum Gasteiger partial charge on any atom is -0.508 e. The molecule has 2 N–H and O–H groups in total. The van der Waals surface area contributed by atoms with Gasteiger partial charge in [0.2, 0.25) is 0 Å². The van der Waals surface area contributed by atoms with Crippen LogP contribution in [0.5, 0.6) is 11.8 Å². The predicted molar refractivity (Wildman–Crippen MR) is 168 cm³/mol. The number of phenols is 1. The predicted octanol–water partition coefficient (Wildman–Crippen LogP) is 5.83. The van der Waals surface area contributed by atoms with Crippen molar-refractivity contribution in [3.8, 4) is 35.2 Å². The van der Waals surface area contributed by atoms with E-state index in [1.165, 1.54) is 6.07 Å². The molecule has 0 saturated carbocycles. The molecule has 0 spiro atoms. The summed E-state index contributed by atoms with van der Waals surface area (Å²) in [5, 5.41) is 16.2. The molecule has 2 bridgehead atoms. The number of benzene rings is 3. The van der Waals surface area contributed by atoms with Crippen LogP contribution in [0.25, 0.3) is 32.8 Å². The standard InChI is InChI=1S/C34H32ClF2N5O2/c1-2-19-5-3-6-20-11-24(43)12-25(28(19)20)29-27(35)13-26-31(30(29)37)39-33(40-32(26)41-16-22-7-8-23(17-41)38-22)44-18-34-9-4-10-42(34)15-21(36)14-34/h1,3,5-6,11-13,21-23,38,43H,4,7-10,14-18H2/t21-,22?,23?,34+/m1/s1. The van der Waals surface area contributed by atoms with Crippen LogP contribution >= 0.6 is 11.6 Å². The lowest BCUT2D eigenvalue weighted by molar-refractivity contribution is 0.107. The van der Waals surface area contributed by atoms with Gasteiger partial charge in [0.25, 0.3) is 0 Å². The van der Waals surface area contributed by atoms with Gasteiger partial charge in [-0.05, 0) is 67.4 Å². The molecule has 0 amide bonds. The number of fused-ring (bicyclic) bond motifs is 5. The van der Waals surface area contributed by atoms with Crippen LogP contribution < -0.4 is 15.0 Å². The molecule has 4 aromatic rings. The normalized spacial score (nSPS) is 26.4. The Labute approximate surface area is 259 Å². The molecule has 8 rings (SSSR count). The van der Waals surface area contributed by atoms with Gasteiger partial charge < -0.3 is 20.1 Å². The van der Waals surface area contributed by atoms with Crippen LogP contribution in [0, 0.1) is 18.2 Å². The highest BCUT2D eigenvalue weighted by molar-refractivity contribution is 6.35. The molecule has 10 heteroatoms. The third kappa shape index (κ3) is 4.46. The number of nitrogens with one attached hydrogen (secondary N) is 1. The largest absolute Gasteiger partial charge is 0.508 e. The number of alkyl halides is 1. The Morgan fingerprint density at radius 2 is 1.98 bits per heavy atom. The zero-order valence-corrected chi connectivity index (χ0v) is 24.9. The molecular weight excluding hydrogens is 584 g/mol. The van der Waals surface area contributed by atoms with Gasteiger partial charge in [-0.25, -0.2) is 8.78 Å². The number of nitrogens with zero attached hydrogens (tertiary/aromatic N) is 4. The third-order valence-electron chi connectivity index (χ3n) is 9.98. The van der Waals surface area contributed by atoms with Crippen molar-refractivity contribution in [3.05, 3.63) is 52.8 Å². The van der Waals surface area contributed by atoms with Gasteiger partial charge in [-0.1, -0.05) is 29.7 Å². The molecule has 0 radical (unpaired) electrons. The molecule has 226 valence electrons. The van der Waals surface area contributed by atoms with Crippen molar-refractivity contribution in [1.82, 2.24) is 20.2 Å². The number of piperazine rings is 1. The van der Waals surface area contributed by atoms with Crippen molar-refractivity contribution in [3.63, 3.8) is 0 Å². The summed E-state index contributed by atoms with van der Waals surface area (Å²) in [7, 11) is 0. The molecule has 4 aliphatic heterocycles. The van der Waals surface area contributed by atoms with Crippen LogP contribution in [-0.2, 0) is 0 Å². The maximum Gasteiger partial charge on any atom is 0.319 e. The molecule has 2 unspecified atom stereocenters. The zero-order valence-electron chi connectivity index (χ0n) is 24.1. The molecular formula is C34H32ClF2N5O2. The zero-order chi connectivity index (χ0) is 30.2. The van der Waals surface area contributed by atoms with Crippen molar-refractivity contribution in [2.75, 3.05) is 37.7 Å². The summed E-state index contributed by atoms with van der Waals surface area (Å²) in [4.78, 5) is 13.8. The number of anilines is 1. The van der Waals surface area contributed by atoms with Gasteiger partial charge in [0.1, 0.15) is 29.9 Å². The summed E-state index contributed by atoms with van der Waals surface area (Å²) < 4.78 is 37.7. The number of aromatic hydroxyl groups is 1. The van der Waals surface area contributed by atoms with E-state index in [2.05, 4.69) is 26.0 Å². The number of rotatable bonds is 5. The molecule has 4 atom stereocenters. The Hall–Kier alpha value is -3.71. The van der Waals surface area contributed by atoms with Crippen LogP contribution in [0.3, 0.4) is 0 Å². The number of hydrogen-bond acceptors (Lipinski definition) is 7. The third-order valence-corrected chi connectivity index (χ3v) is 10.3. The summed E-state index contributed by atoms with van der Waals surface area (Å²) >= 11 is 6.90. The fraction of sp³-hybridized carbons (Fsp3) is 0.412. The lowest BCUT2D eigenvalue weighted by Crippen LogP contribution is -2.51. The maximum absolute atomic E-state index is 17.0. The molecule has 4 aliphatic rings. The molecule has 4 saturated heterocycles. The first-order valence-corrected chi connectivity index (χ1v) is 15.6. The topological polar surface area (TPSA) is 73.8 Å². The number of halogens is 3. The van der Waals surface area contributed by atoms with Crippen molar-refractivity contribution >= 4 is 39.1 Å². The quantitative estimate of drug-likeness (QED) is 0.274. The van der Waals surface area contributed by atoms with Gasteiger partial charge in [0.05, 0.1) is 10.6 Å². The van der Waals surface area contributed by atoms with E-state index in [1.807, 2.05) is 6.07 Å². The summed E-state index contributed by atoms with van der Waals surface area (Å²) in [5.41, 5.74) is 0.693. The highest BCUT2D eigenvalue weighted by Crippen LogP contribution is 2.44. The van der Waals surface area contributed by atoms with Crippen molar-refractivity contribution in [2.45, 2.75) is 55.9 Å². The minimum atomic E-state index is -0.893. The number of hydrogen-bond donors (Lipinski definition) is 2. The van der Waals surface area contributed by atoms with Crippen LogP contribution in [-0.4, -0.2) is 76.6 Å². The highest BCUT2D eigenvalue weighted by atomic mass is 35.5. The molecule has 5 heterocycles. The van der Waals surface area contributed by atoms with Crippen molar-refractivity contribution in [1.29, 1.82) is 0 Å². The second kappa shape index (κ2) is 10.4. The Morgan fingerprint density at radius 3 is 2.77 bits per heavy atom.